The van der Waals surface area contributed by atoms with Gasteiger partial charge in [-0.1, -0.05) is 12.2 Å². The molecule has 19 heavy (non-hydrogen) atoms. The highest BCUT2D eigenvalue weighted by atomic mass is 16.4. The number of carboxylic acid groups (broad SMARTS) is 1. The first-order valence-electron chi connectivity index (χ1n) is 6.91. The number of hydrogen-bond donors (Lipinski definition) is 2. The summed E-state index contributed by atoms with van der Waals surface area (Å²) in [7, 11) is 0. The number of carbonyl (C=O) groups excluding carboxylic acids is 1. The van der Waals surface area contributed by atoms with Crippen LogP contribution >= 0.6 is 0 Å². The van der Waals surface area contributed by atoms with Crippen molar-refractivity contribution >= 4 is 11.9 Å². The van der Waals surface area contributed by atoms with E-state index in [4.69, 9.17) is 5.11 Å². The van der Waals surface area contributed by atoms with Crippen LogP contribution in [-0.2, 0) is 9.59 Å². The van der Waals surface area contributed by atoms with Gasteiger partial charge in [0, 0.05) is 19.7 Å². The molecular formula is C14H21NO4. The van der Waals surface area contributed by atoms with Gasteiger partial charge in [0.05, 0.1) is 11.8 Å². The Morgan fingerprint density at radius 3 is 2.53 bits per heavy atom. The van der Waals surface area contributed by atoms with E-state index in [-0.39, 0.29) is 12.5 Å². The Morgan fingerprint density at radius 2 is 1.89 bits per heavy atom. The first-order chi connectivity index (χ1) is 9.13. The summed E-state index contributed by atoms with van der Waals surface area (Å²) in [6.07, 6.45) is 6.35. The van der Waals surface area contributed by atoms with Gasteiger partial charge < -0.3 is 15.1 Å². The summed E-state index contributed by atoms with van der Waals surface area (Å²) >= 11 is 0. The van der Waals surface area contributed by atoms with Crippen molar-refractivity contribution in [1.29, 1.82) is 0 Å². The summed E-state index contributed by atoms with van der Waals surface area (Å²) < 4.78 is 0. The third-order valence-electron chi connectivity index (χ3n) is 4.20. The highest BCUT2D eigenvalue weighted by Crippen LogP contribution is 2.30. The standard InChI is InChI=1S/C14H21NO4/c16-8-6-10-5-7-15(9-10)13(17)11-3-1-2-4-12(11)14(18)19/h1-2,10-12,16H,3-9H2,(H,18,19). The smallest absolute Gasteiger partial charge is 0.307 e. The van der Waals surface area contributed by atoms with Crippen molar-refractivity contribution in [2.45, 2.75) is 25.7 Å². The van der Waals surface area contributed by atoms with Crippen LogP contribution in [-0.4, -0.2) is 46.7 Å². The van der Waals surface area contributed by atoms with Crippen LogP contribution in [0.5, 0.6) is 0 Å². The third-order valence-corrected chi connectivity index (χ3v) is 4.20. The van der Waals surface area contributed by atoms with Gasteiger partial charge in [-0.15, -0.1) is 0 Å². The zero-order valence-electron chi connectivity index (χ0n) is 11.0. The average molecular weight is 267 g/mol. The lowest BCUT2D eigenvalue weighted by atomic mass is 9.82. The number of allylic oxidation sites excluding steroid dienone is 2. The number of hydrogen-bond acceptors (Lipinski definition) is 3. The van der Waals surface area contributed by atoms with Gasteiger partial charge in [0.15, 0.2) is 0 Å². The number of carbonyl (C=O) groups is 2. The second-order valence-corrected chi connectivity index (χ2v) is 5.45. The van der Waals surface area contributed by atoms with E-state index in [1.54, 1.807) is 4.90 Å². The third kappa shape index (κ3) is 3.15. The van der Waals surface area contributed by atoms with Crippen LogP contribution < -0.4 is 0 Å². The molecule has 106 valence electrons. The van der Waals surface area contributed by atoms with E-state index in [2.05, 4.69) is 0 Å². The van der Waals surface area contributed by atoms with Gasteiger partial charge in [-0.3, -0.25) is 9.59 Å². The van der Waals surface area contributed by atoms with Crippen molar-refractivity contribution < 1.29 is 19.8 Å². The van der Waals surface area contributed by atoms with Crippen LogP contribution in [0.15, 0.2) is 12.2 Å². The van der Waals surface area contributed by atoms with E-state index >= 15 is 0 Å². The van der Waals surface area contributed by atoms with E-state index in [1.165, 1.54) is 0 Å². The minimum absolute atomic E-state index is 0.0304. The summed E-state index contributed by atoms with van der Waals surface area (Å²) in [6, 6.07) is 0. The molecule has 1 heterocycles. The molecule has 1 aliphatic carbocycles. The molecule has 0 aromatic rings. The highest BCUT2D eigenvalue weighted by Gasteiger charge is 2.38. The van der Waals surface area contributed by atoms with E-state index in [9.17, 15) is 14.7 Å². The second-order valence-electron chi connectivity index (χ2n) is 5.45. The predicted molar refractivity (Wildman–Crippen MR) is 69.4 cm³/mol. The maximum atomic E-state index is 12.4. The topological polar surface area (TPSA) is 77.8 Å². The number of aliphatic hydroxyl groups excluding tert-OH is 1. The Hall–Kier alpha value is -1.36. The van der Waals surface area contributed by atoms with E-state index < -0.39 is 17.8 Å². The van der Waals surface area contributed by atoms with Crippen LogP contribution in [0.3, 0.4) is 0 Å². The largest absolute Gasteiger partial charge is 0.481 e. The monoisotopic (exact) mass is 267 g/mol. The number of rotatable bonds is 4. The molecular weight excluding hydrogens is 246 g/mol. The van der Waals surface area contributed by atoms with Crippen molar-refractivity contribution in [1.82, 2.24) is 4.90 Å². The first-order valence-corrected chi connectivity index (χ1v) is 6.91. The highest BCUT2D eigenvalue weighted by molar-refractivity contribution is 5.85. The van der Waals surface area contributed by atoms with Gasteiger partial charge in [-0.05, 0) is 31.6 Å². The lowest BCUT2D eigenvalue weighted by molar-refractivity contribution is -0.150. The lowest BCUT2D eigenvalue weighted by Crippen LogP contribution is -2.40. The molecule has 1 amide bonds. The summed E-state index contributed by atoms with van der Waals surface area (Å²) in [5, 5.41) is 18.1. The summed E-state index contributed by atoms with van der Waals surface area (Å²) in [6.45, 7) is 1.50. The number of aliphatic carboxylic acids is 1. The molecule has 0 radical (unpaired) electrons. The molecule has 0 bridgehead atoms. The molecule has 2 rings (SSSR count). The fourth-order valence-electron chi connectivity index (χ4n) is 3.05. The molecule has 2 aliphatic rings. The van der Waals surface area contributed by atoms with E-state index in [1.807, 2.05) is 12.2 Å². The van der Waals surface area contributed by atoms with Crippen LogP contribution in [0, 0.1) is 17.8 Å². The number of aliphatic hydroxyl groups is 1. The fraction of sp³-hybridized carbons (Fsp3) is 0.714. The molecule has 0 saturated carbocycles. The minimum Gasteiger partial charge on any atom is -0.481 e. The Balaban J connectivity index is 1.99. The SMILES string of the molecule is O=C(O)C1CC=CCC1C(=O)N1CCC(CCO)C1. The van der Waals surface area contributed by atoms with Crippen LogP contribution in [0.2, 0.25) is 0 Å². The molecule has 0 spiro atoms. The maximum absolute atomic E-state index is 12.4. The molecule has 1 fully saturated rings. The average Bonchev–Trinajstić information content (AvgIpc) is 2.87. The molecule has 0 aromatic heterocycles. The normalized spacial score (nSPS) is 30.6. The number of amides is 1. The quantitative estimate of drug-likeness (QED) is 0.741. The Morgan fingerprint density at radius 1 is 1.21 bits per heavy atom. The zero-order chi connectivity index (χ0) is 13.8. The van der Waals surface area contributed by atoms with Gasteiger partial charge in [-0.2, -0.15) is 0 Å². The van der Waals surface area contributed by atoms with Crippen LogP contribution in [0.25, 0.3) is 0 Å². The van der Waals surface area contributed by atoms with Crippen LogP contribution in [0.1, 0.15) is 25.7 Å². The molecule has 0 aromatic carbocycles. The van der Waals surface area contributed by atoms with Gasteiger partial charge in [0.1, 0.15) is 0 Å². The first kappa shape index (κ1) is 14.1. The van der Waals surface area contributed by atoms with Gasteiger partial charge >= 0.3 is 5.97 Å². The van der Waals surface area contributed by atoms with Crippen molar-refractivity contribution in [2.24, 2.45) is 17.8 Å². The molecule has 1 saturated heterocycles. The predicted octanol–water partition coefficient (Wildman–Crippen LogP) is 0.884. The summed E-state index contributed by atoms with van der Waals surface area (Å²) in [5.41, 5.74) is 0. The van der Waals surface area contributed by atoms with Crippen molar-refractivity contribution in [3.05, 3.63) is 12.2 Å². The zero-order valence-corrected chi connectivity index (χ0v) is 11.0. The Bertz CT molecular complexity index is 380. The number of nitrogens with zero attached hydrogens (tertiary/aromatic N) is 1. The molecule has 3 atom stereocenters. The molecule has 2 N–H and O–H groups in total. The lowest BCUT2D eigenvalue weighted by Gasteiger charge is -2.28. The molecule has 1 aliphatic heterocycles. The fourth-order valence-corrected chi connectivity index (χ4v) is 3.05. The molecule has 3 unspecified atom stereocenters. The van der Waals surface area contributed by atoms with Crippen LogP contribution in [0.4, 0.5) is 0 Å². The summed E-state index contributed by atoms with van der Waals surface area (Å²) in [5.74, 6) is -1.56. The van der Waals surface area contributed by atoms with Crippen molar-refractivity contribution in [3.8, 4) is 0 Å². The van der Waals surface area contributed by atoms with Crippen molar-refractivity contribution in [2.75, 3.05) is 19.7 Å². The number of carboxylic acids is 1. The Labute approximate surface area is 112 Å². The van der Waals surface area contributed by atoms with Crippen molar-refractivity contribution in [3.63, 3.8) is 0 Å². The van der Waals surface area contributed by atoms with E-state index in [0.717, 1.165) is 12.8 Å². The van der Waals surface area contributed by atoms with Gasteiger partial charge in [-0.25, -0.2) is 0 Å². The number of likely N-dealkylation sites (tertiary alicyclic amines) is 1. The Kier molecular flexibility index (Phi) is 4.58. The summed E-state index contributed by atoms with van der Waals surface area (Å²) in [4.78, 5) is 25.4. The molecule has 5 nitrogen and oxygen atoms in total. The second kappa shape index (κ2) is 6.19. The van der Waals surface area contributed by atoms with Gasteiger partial charge in [0.25, 0.3) is 0 Å². The minimum atomic E-state index is -0.881. The molecule has 5 heteroatoms. The maximum Gasteiger partial charge on any atom is 0.307 e. The van der Waals surface area contributed by atoms with Gasteiger partial charge in [0.2, 0.25) is 5.91 Å². The van der Waals surface area contributed by atoms with E-state index in [0.29, 0.717) is 31.8 Å².